The van der Waals surface area contributed by atoms with Crippen LogP contribution in [0.25, 0.3) is 0 Å². The largest absolute Gasteiger partial charge is 0.475 e. The van der Waals surface area contributed by atoms with E-state index in [1.807, 2.05) is 0 Å². The second-order valence-corrected chi connectivity index (χ2v) is 5.92. The lowest BCUT2D eigenvalue weighted by molar-refractivity contribution is -0.150. The molecule has 8 heteroatoms. The second kappa shape index (κ2) is 8.09. The number of carbonyl (C=O) groups excluding carboxylic acids is 2. The smallest absolute Gasteiger partial charge is 0.372 e. The van der Waals surface area contributed by atoms with Crippen LogP contribution in [0.1, 0.15) is 12.0 Å². The lowest BCUT2D eigenvalue weighted by Crippen LogP contribution is -2.33. The highest BCUT2D eigenvalue weighted by molar-refractivity contribution is 6.42. The van der Waals surface area contributed by atoms with Crippen molar-refractivity contribution in [1.82, 2.24) is 0 Å². The Morgan fingerprint density at radius 1 is 1.00 bits per heavy atom. The number of benzene rings is 2. The van der Waals surface area contributed by atoms with Crippen molar-refractivity contribution in [2.45, 2.75) is 13.0 Å². The van der Waals surface area contributed by atoms with Gasteiger partial charge in [0.25, 0.3) is 0 Å². The molecule has 0 aliphatic rings. The van der Waals surface area contributed by atoms with Gasteiger partial charge in [0.05, 0.1) is 23.0 Å². The highest BCUT2D eigenvalue weighted by atomic mass is 35.5. The quantitative estimate of drug-likeness (QED) is 0.609. The Morgan fingerprint density at radius 2 is 1.64 bits per heavy atom. The summed E-state index contributed by atoms with van der Waals surface area (Å²) in [5.74, 6) is -4.08. The summed E-state index contributed by atoms with van der Waals surface area (Å²) in [4.78, 5) is 35.7. The fraction of sp³-hybridized carbons (Fsp3) is 0.118. The summed E-state index contributed by atoms with van der Waals surface area (Å²) in [6.45, 7) is 0.00394. The lowest BCUT2D eigenvalue weighted by Gasteiger charge is -2.23. The van der Waals surface area contributed by atoms with Crippen LogP contribution in [0.4, 0.5) is 10.1 Å². The Hall–Kier alpha value is -2.44. The number of carbonyl (C=O) groups is 3. The molecule has 2 aromatic carbocycles. The monoisotopic (exact) mass is 383 g/mol. The number of Topliss-reactive ketones (excluding diaryl/α,β-unsaturated/α-hetero) is 1. The highest BCUT2D eigenvalue weighted by Crippen LogP contribution is 2.28. The molecule has 0 aromatic heterocycles. The number of hydrogen-bond acceptors (Lipinski definition) is 3. The molecule has 0 atom stereocenters. The minimum absolute atomic E-state index is 0.00394. The number of rotatable bonds is 6. The van der Waals surface area contributed by atoms with Crippen LogP contribution in [0.2, 0.25) is 10.0 Å². The predicted octanol–water partition coefficient (Wildman–Crippen LogP) is 3.71. The second-order valence-electron chi connectivity index (χ2n) is 5.11. The summed E-state index contributed by atoms with van der Waals surface area (Å²) in [5, 5.41) is 9.16. The average Bonchev–Trinajstić information content (AvgIpc) is 2.56. The van der Waals surface area contributed by atoms with Crippen LogP contribution < -0.4 is 4.90 Å². The molecular formula is C17H12Cl2FNO4. The van der Waals surface area contributed by atoms with E-state index < -0.39 is 29.9 Å². The number of carboxylic acid groups (broad SMARTS) is 1. The van der Waals surface area contributed by atoms with Crippen LogP contribution in [0.5, 0.6) is 0 Å². The Kier molecular flexibility index (Phi) is 6.12. The molecule has 0 unspecified atom stereocenters. The first-order chi connectivity index (χ1) is 11.8. The highest BCUT2D eigenvalue weighted by Gasteiger charge is 2.23. The summed E-state index contributed by atoms with van der Waals surface area (Å²) in [6.07, 6.45) is -0.809. The van der Waals surface area contributed by atoms with Gasteiger partial charge >= 0.3 is 5.97 Å². The molecule has 0 radical (unpaired) electrons. The van der Waals surface area contributed by atoms with Gasteiger partial charge in [-0.3, -0.25) is 9.59 Å². The van der Waals surface area contributed by atoms with Crippen LogP contribution in [-0.2, 0) is 20.9 Å². The average molecular weight is 384 g/mol. The van der Waals surface area contributed by atoms with Gasteiger partial charge in [-0.05, 0) is 35.9 Å². The van der Waals surface area contributed by atoms with Gasteiger partial charge in [-0.25, -0.2) is 9.18 Å². The van der Waals surface area contributed by atoms with E-state index in [0.717, 1.165) is 0 Å². The summed E-state index contributed by atoms with van der Waals surface area (Å²) in [5.41, 5.74) is 0.922. The van der Waals surface area contributed by atoms with Gasteiger partial charge in [-0.2, -0.15) is 0 Å². The molecule has 0 fully saturated rings. The zero-order valence-electron chi connectivity index (χ0n) is 12.7. The molecule has 0 saturated heterocycles. The van der Waals surface area contributed by atoms with Crippen molar-refractivity contribution < 1.29 is 23.9 Å². The van der Waals surface area contributed by atoms with Crippen LogP contribution in [0, 0.1) is 5.82 Å². The van der Waals surface area contributed by atoms with Crippen molar-refractivity contribution in [2.75, 3.05) is 4.90 Å². The Balaban J connectivity index is 2.34. The van der Waals surface area contributed by atoms with E-state index in [9.17, 15) is 18.8 Å². The van der Waals surface area contributed by atoms with Gasteiger partial charge in [0.15, 0.2) is 0 Å². The lowest BCUT2D eigenvalue weighted by atomic mass is 10.1. The van der Waals surface area contributed by atoms with E-state index in [1.54, 1.807) is 0 Å². The van der Waals surface area contributed by atoms with Gasteiger partial charge in [-0.15, -0.1) is 0 Å². The SMILES string of the molecule is O=C(O)C(=O)CC(=O)N(Cc1ccc(F)cc1)c1ccc(Cl)c(Cl)c1. The maximum atomic E-state index is 13.0. The number of hydrogen-bond donors (Lipinski definition) is 1. The van der Waals surface area contributed by atoms with Crippen molar-refractivity contribution in [3.63, 3.8) is 0 Å². The third kappa shape index (κ3) is 5.01. The Labute approximate surface area is 152 Å². The molecule has 0 spiro atoms. The molecule has 0 heterocycles. The number of halogens is 3. The number of nitrogens with zero attached hydrogens (tertiary/aromatic N) is 1. The number of amides is 1. The molecule has 0 bridgehead atoms. The zero-order chi connectivity index (χ0) is 18.6. The summed E-state index contributed by atoms with van der Waals surface area (Å²) in [6, 6.07) is 9.84. The third-order valence-electron chi connectivity index (χ3n) is 3.32. The molecule has 25 heavy (non-hydrogen) atoms. The Morgan fingerprint density at radius 3 is 2.20 bits per heavy atom. The summed E-state index contributed by atoms with van der Waals surface area (Å²) < 4.78 is 13.0. The molecule has 1 N–H and O–H groups in total. The Bertz CT molecular complexity index is 824. The van der Waals surface area contributed by atoms with Crippen LogP contribution in [0.3, 0.4) is 0 Å². The molecule has 0 aliphatic heterocycles. The number of ketones is 1. The molecule has 5 nitrogen and oxygen atoms in total. The van der Waals surface area contributed by atoms with Crippen molar-refractivity contribution in [3.8, 4) is 0 Å². The fourth-order valence-corrected chi connectivity index (χ4v) is 2.35. The van der Waals surface area contributed by atoms with Crippen molar-refractivity contribution in [2.24, 2.45) is 0 Å². The maximum absolute atomic E-state index is 13.0. The summed E-state index contributed by atoms with van der Waals surface area (Å²) >= 11 is 11.8. The predicted molar refractivity (Wildman–Crippen MR) is 91.3 cm³/mol. The topological polar surface area (TPSA) is 74.7 Å². The standard InChI is InChI=1S/C17H12Cl2FNO4/c18-13-6-5-12(7-14(13)19)21(16(23)8-15(22)17(24)25)9-10-1-3-11(20)4-2-10/h1-7H,8-9H2,(H,24,25). The van der Waals surface area contributed by atoms with Crippen LogP contribution in [0.15, 0.2) is 42.5 Å². The van der Waals surface area contributed by atoms with E-state index in [1.165, 1.54) is 47.4 Å². The first-order valence-corrected chi connectivity index (χ1v) is 7.79. The summed E-state index contributed by atoms with van der Waals surface area (Å²) in [7, 11) is 0. The van der Waals surface area contributed by atoms with Crippen molar-refractivity contribution >= 4 is 46.5 Å². The van der Waals surface area contributed by atoms with Gasteiger partial charge in [0.1, 0.15) is 5.82 Å². The third-order valence-corrected chi connectivity index (χ3v) is 4.06. The fourth-order valence-electron chi connectivity index (χ4n) is 2.06. The van der Waals surface area contributed by atoms with E-state index in [4.69, 9.17) is 28.3 Å². The molecule has 2 rings (SSSR count). The van der Waals surface area contributed by atoms with Gasteiger partial charge < -0.3 is 10.0 Å². The minimum atomic E-state index is -1.69. The van der Waals surface area contributed by atoms with E-state index in [-0.39, 0.29) is 16.6 Å². The molecule has 0 saturated carbocycles. The van der Waals surface area contributed by atoms with Gasteiger partial charge in [0.2, 0.25) is 11.7 Å². The molecule has 2 aromatic rings. The molecule has 0 aliphatic carbocycles. The molecule has 1 amide bonds. The molecular weight excluding hydrogens is 372 g/mol. The van der Waals surface area contributed by atoms with E-state index in [2.05, 4.69) is 0 Å². The van der Waals surface area contributed by atoms with E-state index in [0.29, 0.717) is 11.3 Å². The number of aliphatic carboxylic acids is 1. The normalized spacial score (nSPS) is 10.4. The van der Waals surface area contributed by atoms with Gasteiger partial charge in [-0.1, -0.05) is 35.3 Å². The van der Waals surface area contributed by atoms with Crippen molar-refractivity contribution in [3.05, 3.63) is 63.9 Å². The zero-order valence-corrected chi connectivity index (χ0v) is 14.2. The van der Waals surface area contributed by atoms with Crippen LogP contribution >= 0.6 is 23.2 Å². The minimum Gasteiger partial charge on any atom is -0.475 e. The number of carboxylic acids is 1. The van der Waals surface area contributed by atoms with Crippen molar-refractivity contribution in [1.29, 1.82) is 0 Å². The van der Waals surface area contributed by atoms with E-state index >= 15 is 0 Å². The first kappa shape index (κ1) is 18.9. The first-order valence-electron chi connectivity index (χ1n) is 7.04. The molecule has 130 valence electrons. The van der Waals surface area contributed by atoms with Gasteiger partial charge in [0, 0.05) is 5.69 Å². The maximum Gasteiger partial charge on any atom is 0.372 e. The number of anilines is 1. The van der Waals surface area contributed by atoms with Crippen LogP contribution in [-0.4, -0.2) is 22.8 Å².